The lowest BCUT2D eigenvalue weighted by Gasteiger charge is -2.30. The van der Waals surface area contributed by atoms with E-state index in [0.29, 0.717) is 12.5 Å². The van der Waals surface area contributed by atoms with Gasteiger partial charge in [0.15, 0.2) is 0 Å². The van der Waals surface area contributed by atoms with Crippen molar-refractivity contribution in [3.05, 3.63) is 48.0 Å². The first-order valence-electron chi connectivity index (χ1n) is 7.77. The summed E-state index contributed by atoms with van der Waals surface area (Å²) in [5.74, 6) is 0.589. The van der Waals surface area contributed by atoms with Crippen molar-refractivity contribution in [2.24, 2.45) is 0 Å². The summed E-state index contributed by atoms with van der Waals surface area (Å²) in [6, 6.07) is 15.1. The van der Waals surface area contributed by atoms with E-state index in [9.17, 15) is 4.79 Å². The topological polar surface area (TPSA) is 41.1 Å². The molecule has 3 nitrogen and oxygen atoms in total. The van der Waals surface area contributed by atoms with Gasteiger partial charge in [-0.1, -0.05) is 42.5 Å². The zero-order valence-electron chi connectivity index (χ0n) is 12.4. The molecule has 0 bridgehead atoms. The Labute approximate surface area is 125 Å². The van der Waals surface area contributed by atoms with Gasteiger partial charge in [0.1, 0.15) is 0 Å². The fourth-order valence-corrected chi connectivity index (χ4v) is 3.18. The summed E-state index contributed by atoms with van der Waals surface area (Å²) in [5.41, 5.74) is 1.35. The van der Waals surface area contributed by atoms with Gasteiger partial charge >= 0.3 is 0 Å². The molecule has 1 heterocycles. The molecule has 2 atom stereocenters. The van der Waals surface area contributed by atoms with Crippen LogP contribution in [0.15, 0.2) is 42.5 Å². The highest BCUT2D eigenvalue weighted by atomic mass is 16.2. The van der Waals surface area contributed by atoms with Crippen LogP contribution in [0.3, 0.4) is 0 Å². The molecular formula is C18H22N2O. The fourth-order valence-electron chi connectivity index (χ4n) is 3.18. The molecule has 0 aliphatic carbocycles. The van der Waals surface area contributed by atoms with Gasteiger partial charge in [0.05, 0.1) is 6.04 Å². The zero-order valence-corrected chi connectivity index (χ0v) is 12.4. The van der Waals surface area contributed by atoms with Gasteiger partial charge in [-0.2, -0.15) is 0 Å². The maximum absolute atomic E-state index is 12.0. The molecule has 2 aromatic rings. The van der Waals surface area contributed by atoms with Crippen molar-refractivity contribution >= 4 is 16.7 Å². The van der Waals surface area contributed by atoms with Crippen molar-refractivity contribution in [2.45, 2.75) is 31.7 Å². The Morgan fingerprint density at radius 1 is 1.24 bits per heavy atom. The van der Waals surface area contributed by atoms with Crippen LogP contribution in [0.2, 0.25) is 0 Å². The molecule has 1 amide bonds. The maximum Gasteiger partial charge on any atom is 0.237 e. The Bertz CT molecular complexity index is 638. The van der Waals surface area contributed by atoms with E-state index in [1.807, 2.05) is 6.92 Å². The number of carbonyl (C=O) groups is 1. The van der Waals surface area contributed by atoms with Gasteiger partial charge < -0.3 is 10.6 Å². The zero-order chi connectivity index (χ0) is 14.7. The van der Waals surface area contributed by atoms with E-state index in [2.05, 4.69) is 53.1 Å². The highest BCUT2D eigenvalue weighted by molar-refractivity contribution is 5.83. The Morgan fingerprint density at radius 2 is 2.05 bits per heavy atom. The van der Waals surface area contributed by atoms with E-state index in [-0.39, 0.29) is 11.9 Å². The lowest BCUT2D eigenvalue weighted by atomic mass is 9.85. The van der Waals surface area contributed by atoms with E-state index in [1.165, 1.54) is 16.3 Å². The number of fused-ring (bicyclic) bond motifs is 1. The summed E-state index contributed by atoms with van der Waals surface area (Å²) in [4.78, 5) is 12.0. The molecule has 1 aliphatic heterocycles. The number of carbonyl (C=O) groups excluding carboxylic acids is 1. The second-order valence-corrected chi connectivity index (χ2v) is 5.73. The highest BCUT2D eigenvalue weighted by Crippen LogP contribution is 2.30. The molecule has 3 heteroatoms. The Kier molecular flexibility index (Phi) is 4.20. The number of amides is 1. The molecular weight excluding hydrogens is 260 g/mol. The first-order valence-corrected chi connectivity index (χ1v) is 7.77. The summed E-state index contributed by atoms with van der Waals surface area (Å²) in [6.07, 6.45) is 1.97. The minimum atomic E-state index is -0.0600. The number of benzene rings is 2. The third-order valence-corrected chi connectivity index (χ3v) is 4.32. The molecule has 110 valence electrons. The third kappa shape index (κ3) is 3.08. The number of likely N-dealkylation sites (N-methyl/N-ethyl adjacent to an activating group) is 1. The minimum Gasteiger partial charge on any atom is -0.355 e. The Morgan fingerprint density at radius 3 is 2.86 bits per heavy atom. The van der Waals surface area contributed by atoms with Gasteiger partial charge in [0.25, 0.3) is 0 Å². The smallest absolute Gasteiger partial charge is 0.237 e. The fraction of sp³-hybridized carbons (Fsp3) is 0.389. The largest absolute Gasteiger partial charge is 0.355 e. The molecule has 0 saturated carbocycles. The number of hydrogen-bond acceptors (Lipinski definition) is 2. The SMILES string of the molecule is CCNC(=O)C1CC(c2ccc3ccccc3c2)CCN1. The third-order valence-electron chi connectivity index (χ3n) is 4.32. The average molecular weight is 282 g/mol. The van der Waals surface area contributed by atoms with Gasteiger partial charge in [0, 0.05) is 6.54 Å². The van der Waals surface area contributed by atoms with Crippen LogP contribution in [0, 0.1) is 0 Å². The summed E-state index contributed by atoms with van der Waals surface area (Å²) < 4.78 is 0. The van der Waals surface area contributed by atoms with Gasteiger partial charge in [-0.05, 0) is 48.6 Å². The average Bonchev–Trinajstić information content (AvgIpc) is 2.55. The molecule has 1 fully saturated rings. The summed E-state index contributed by atoms with van der Waals surface area (Å²) in [5, 5.41) is 8.80. The van der Waals surface area contributed by atoms with E-state index in [1.54, 1.807) is 0 Å². The molecule has 2 unspecified atom stereocenters. The minimum absolute atomic E-state index is 0.0600. The molecule has 21 heavy (non-hydrogen) atoms. The van der Waals surface area contributed by atoms with Crippen LogP contribution in [0.4, 0.5) is 0 Å². The molecule has 1 saturated heterocycles. The monoisotopic (exact) mass is 282 g/mol. The lowest BCUT2D eigenvalue weighted by Crippen LogP contribution is -2.48. The van der Waals surface area contributed by atoms with E-state index < -0.39 is 0 Å². The Balaban J connectivity index is 1.79. The summed E-state index contributed by atoms with van der Waals surface area (Å²) in [7, 11) is 0. The number of piperidine rings is 1. The number of hydrogen-bond donors (Lipinski definition) is 2. The molecule has 0 spiro atoms. The quantitative estimate of drug-likeness (QED) is 0.909. The van der Waals surface area contributed by atoms with Gasteiger partial charge in [-0.25, -0.2) is 0 Å². The van der Waals surface area contributed by atoms with Gasteiger partial charge in [0.2, 0.25) is 5.91 Å². The predicted octanol–water partition coefficient (Wildman–Crippen LogP) is 2.81. The number of nitrogens with one attached hydrogen (secondary N) is 2. The lowest BCUT2D eigenvalue weighted by molar-refractivity contribution is -0.123. The second kappa shape index (κ2) is 6.27. The highest BCUT2D eigenvalue weighted by Gasteiger charge is 2.27. The van der Waals surface area contributed by atoms with Crippen molar-refractivity contribution in [1.29, 1.82) is 0 Å². The van der Waals surface area contributed by atoms with E-state index in [0.717, 1.165) is 19.4 Å². The normalized spacial score (nSPS) is 22.1. The number of rotatable bonds is 3. The van der Waals surface area contributed by atoms with E-state index >= 15 is 0 Å². The molecule has 2 N–H and O–H groups in total. The summed E-state index contributed by atoms with van der Waals surface area (Å²) >= 11 is 0. The molecule has 3 rings (SSSR count). The Hall–Kier alpha value is -1.87. The van der Waals surface area contributed by atoms with Crippen LogP contribution < -0.4 is 10.6 Å². The second-order valence-electron chi connectivity index (χ2n) is 5.73. The standard InChI is InChI=1S/C18H22N2O/c1-2-19-18(21)17-12-16(9-10-20-17)15-8-7-13-5-3-4-6-14(13)11-15/h3-8,11,16-17,20H,2,9-10,12H2,1H3,(H,19,21). The molecule has 0 radical (unpaired) electrons. The first kappa shape index (κ1) is 14.1. The summed E-state index contributed by atoms with van der Waals surface area (Å²) in [6.45, 7) is 3.55. The van der Waals surface area contributed by atoms with Crippen LogP contribution in [-0.2, 0) is 4.79 Å². The van der Waals surface area contributed by atoms with Crippen LogP contribution >= 0.6 is 0 Å². The van der Waals surface area contributed by atoms with Crippen LogP contribution in [0.5, 0.6) is 0 Å². The van der Waals surface area contributed by atoms with Crippen LogP contribution in [0.1, 0.15) is 31.2 Å². The van der Waals surface area contributed by atoms with Crippen molar-refractivity contribution in [2.75, 3.05) is 13.1 Å². The predicted molar refractivity (Wildman–Crippen MR) is 86.4 cm³/mol. The molecule has 1 aliphatic rings. The van der Waals surface area contributed by atoms with E-state index in [4.69, 9.17) is 0 Å². The van der Waals surface area contributed by atoms with Crippen LogP contribution in [-0.4, -0.2) is 25.0 Å². The van der Waals surface area contributed by atoms with Crippen molar-refractivity contribution in [1.82, 2.24) is 10.6 Å². The van der Waals surface area contributed by atoms with Gasteiger partial charge in [-0.3, -0.25) is 4.79 Å². The molecule has 2 aromatic carbocycles. The van der Waals surface area contributed by atoms with Crippen molar-refractivity contribution in [3.63, 3.8) is 0 Å². The maximum atomic E-state index is 12.0. The van der Waals surface area contributed by atoms with Gasteiger partial charge in [-0.15, -0.1) is 0 Å². The van der Waals surface area contributed by atoms with Crippen LogP contribution in [0.25, 0.3) is 10.8 Å². The first-order chi connectivity index (χ1) is 10.3. The van der Waals surface area contributed by atoms with Crippen molar-refractivity contribution < 1.29 is 4.79 Å². The molecule has 0 aromatic heterocycles. The van der Waals surface area contributed by atoms with Crippen molar-refractivity contribution in [3.8, 4) is 0 Å².